The van der Waals surface area contributed by atoms with E-state index in [9.17, 15) is 26.3 Å². The number of hydrogen-bond donors (Lipinski definition) is 4. The first-order chi connectivity index (χ1) is 23.7. The van der Waals surface area contributed by atoms with E-state index in [4.69, 9.17) is 40.2 Å². The molecule has 4 heterocycles. The summed E-state index contributed by atoms with van der Waals surface area (Å²) in [7, 11) is 0. The summed E-state index contributed by atoms with van der Waals surface area (Å²) in [4.78, 5) is 34.6. The summed E-state index contributed by atoms with van der Waals surface area (Å²) in [5.41, 5.74) is 12.6. The minimum atomic E-state index is -5.08. The van der Waals surface area contributed by atoms with Crippen molar-refractivity contribution in [3.8, 4) is 33.9 Å². The summed E-state index contributed by atoms with van der Waals surface area (Å²) in [6.45, 7) is 4.45. The van der Waals surface area contributed by atoms with Crippen LogP contribution < -0.4 is 5.73 Å². The second kappa shape index (κ2) is 16.3. The molecule has 1 saturated heterocycles. The van der Waals surface area contributed by atoms with Gasteiger partial charge in [0.25, 0.3) is 0 Å². The molecule has 264 valence electrons. The lowest BCUT2D eigenvalue weighted by Gasteiger charge is -2.25. The van der Waals surface area contributed by atoms with Crippen molar-refractivity contribution >= 4 is 22.8 Å². The maximum Gasteiger partial charge on any atom is 0.490 e. The second-order valence-electron chi connectivity index (χ2n) is 10.5. The maximum atomic E-state index is 10.6. The molecular formula is C32H29F6N7O5. The number of carboxylic acid groups (broad SMARTS) is 2. The zero-order chi connectivity index (χ0) is 36.5. The average molecular weight is 706 g/mol. The quantitative estimate of drug-likeness (QED) is 0.168. The largest absolute Gasteiger partial charge is 0.490 e. The average Bonchev–Trinajstić information content (AvgIpc) is 3.56. The lowest BCUT2D eigenvalue weighted by Crippen LogP contribution is -2.35. The number of nitrogens with two attached hydrogens (primary N) is 1. The minimum absolute atomic E-state index is 0.511. The van der Waals surface area contributed by atoms with E-state index in [0.717, 1.165) is 76.7 Å². The maximum absolute atomic E-state index is 10.6. The monoisotopic (exact) mass is 705 g/mol. The number of aliphatic carboxylic acids is 2. The van der Waals surface area contributed by atoms with Gasteiger partial charge in [-0.05, 0) is 23.3 Å². The van der Waals surface area contributed by atoms with Gasteiger partial charge in [-0.2, -0.15) is 31.4 Å². The Hall–Kier alpha value is -5.46. The van der Waals surface area contributed by atoms with Gasteiger partial charge in [0.2, 0.25) is 0 Å². The number of H-pyrrole nitrogens is 1. The molecule has 0 saturated carbocycles. The van der Waals surface area contributed by atoms with Crippen molar-refractivity contribution in [2.24, 2.45) is 5.73 Å². The highest BCUT2D eigenvalue weighted by molar-refractivity contribution is 5.97. The molecule has 0 atom stereocenters. The van der Waals surface area contributed by atoms with Crippen molar-refractivity contribution in [3.63, 3.8) is 0 Å². The van der Waals surface area contributed by atoms with Crippen LogP contribution in [0, 0.1) is 0 Å². The van der Waals surface area contributed by atoms with Crippen LogP contribution in [0.2, 0.25) is 0 Å². The molecule has 1 aliphatic rings. The molecule has 50 heavy (non-hydrogen) atoms. The number of morpholine rings is 1. The van der Waals surface area contributed by atoms with E-state index in [0.29, 0.717) is 18.9 Å². The highest BCUT2D eigenvalue weighted by Gasteiger charge is 2.38. The fourth-order valence-electron chi connectivity index (χ4n) is 4.57. The first-order valence-electron chi connectivity index (χ1n) is 14.6. The molecule has 0 radical (unpaired) electrons. The van der Waals surface area contributed by atoms with Crippen molar-refractivity contribution in [1.29, 1.82) is 0 Å². The third-order valence-corrected chi connectivity index (χ3v) is 7.00. The molecule has 0 aliphatic carbocycles. The number of halogens is 6. The Bertz CT molecular complexity index is 1870. The van der Waals surface area contributed by atoms with Crippen molar-refractivity contribution in [2.75, 3.05) is 26.3 Å². The highest BCUT2D eigenvalue weighted by atomic mass is 19.4. The minimum Gasteiger partial charge on any atom is -0.475 e. The van der Waals surface area contributed by atoms with Crippen LogP contribution in [0.25, 0.3) is 44.8 Å². The van der Waals surface area contributed by atoms with E-state index in [1.165, 1.54) is 0 Å². The molecular weight excluding hydrogens is 676 g/mol. The van der Waals surface area contributed by atoms with Crippen LogP contribution in [0.15, 0.2) is 72.9 Å². The lowest BCUT2D eigenvalue weighted by atomic mass is 9.96. The van der Waals surface area contributed by atoms with Crippen LogP contribution >= 0.6 is 0 Å². The molecule has 1 fully saturated rings. The van der Waals surface area contributed by atoms with Crippen molar-refractivity contribution in [2.45, 2.75) is 25.4 Å². The predicted molar refractivity (Wildman–Crippen MR) is 167 cm³/mol. The molecule has 12 nitrogen and oxygen atoms in total. The number of carbonyl (C=O) groups is 2. The number of benzene rings is 2. The molecule has 0 unspecified atom stereocenters. The van der Waals surface area contributed by atoms with Crippen molar-refractivity contribution < 1.29 is 50.9 Å². The Morgan fingerprint density at radius 1 is 0.840 bits per heavy atom. The van der Waals surface area contributed by atoms with Gasteiger partial charge < -0.3 is 20.7 Å². The van der Waals surface area contributed by atoms with Crippen molar-refractivity contribution in [1.82, 2.24) is 30.0 Å². The van der Waals surface area contributed by atoms with Crippen LogP contribution in [-0.2, 0) is 27.4 Å². The number of ether oxygens (including phenoxy) is 1. The number of aromatic nitrogens is 5. The van der Waals surface area contributed by atoms with Gasteiger partial charge in [-0.25, -0.2) is 19.6 Å². The number of carboxylic acids is 2. The zero-order valence-corrected chi connectivity index (χ0v) is 25.9. The topological polar surface area (TPSA) is 180 Å². The van der Waals surface area contributed by atoms with E-state index in [1.807, 2.05) is 24.3 Å². The number of fused-ring (bicyclic) bond motifs is 1. The van der Waals surface area contributed by atoms with Crippen LogP contribution in [0.1, 0.15) is 11.4 Å². The van der Waals surface area contributed by atoms with Gasteiger partial charge in [0, 0.05) is 42.3 Å². The van der Waals surface area contributed by atoms with E-state index in [-0.39, 0.29) is 0 Å². The summed E-state index contributed by atoms with van der Waals surface area (Å²) in [5.74, 6) is -4.12. The van der Waals surface area contributed by atoms with Crippen LogP contribution in [-0.4, -0.2) is 90.9 Å². The normalized spacial score (nSPS) is 13.5. The number of rotatable bonds is 6. The lowest BCUT2D eigenvalue weighted by molar-refractivity contribution is -0.193. The number of hydrogen-bond acceptors (Lipinski definition) is 9. The second-order valence-corrected chi connectivity index (χ2v) is 10.5. The summed E-state index contributed by atoms with van der Waals surface area (Å²) >= 11 is 0. The Balaban J connectivity index is 0.000000340. The molecule has 0 bridgehead atoms. The van der Waals surface area contributed by atoms with Gasteiger partial charge in [-0.1, -0.05) is 54.6 Å². The molecule has 18 heteroatoms. The summed E-state index contributed by atoms with van der Waals surface area (Å²) in [5, 5.41) is 22.7. The van der Waals surface area contributed by atoms with E-state index in [2.05, 4.69) is 62.5 Å². The first-order valence-corrected chi connectivity index (χ1v) is 14.6. The van der Waals surface area contributed by atoms with Crippen molar-refractivity contribution in [3.05, 3.63) is 84.3 Å². The van der Waals surface area contributed by atoms with Gasteiger partial charge in [-0.3, -0.25) is 15.0 Å². The SMILES string of the molecule is NCc1ccc(-c2nc3ccnc(-c4nc(CN5CCOCC5)n[nH]4)c3cc2-c2ccccc2)cc1.O=C(O)C(F)(F)F.O=C(O)C(F)(F)F. The Morgan fingerprint density at radius 3 is 2.00 bits per heavy atom. The standard InChI is InChI=1S/C28H27N7O.2C2HF3O2/c29-17-19-6-8-21(9-7-19)26-22(20-4-2-1-3-5-20)16-23-24(31-26)10-11-30-27(23)28-32-25(33-34-28)18-35-12-14-36-15-13-35;2*3-2(4,5)1(6)7/h1-11,16H,12-15,17-18,29H2,(H,32,33,34);2*(H,6,7). The van der Waals surface area contributed by atoms with Gasteiger partial charge in [0.1, 0.15) is 5.69 Å². The molecule has 0 amide bonds. The Morgan fingerprint density at radius 2 is 1.44 bits per heavy atom. The molecule has 2 aromatic carbocycles. The zero-order valence-electron chi connectivity index (χ0n) is 25.9. The molecule has 5 aromatic rings. The Kier molecular flexibility index (Phi) is 12.2. The van der Waals surface area contributed by atoms with Gasteiger partial charge in [0.05, 0.1) is 31.0 Å². The summed E-state index contributed by atoms with van der Waals surface area (Å²) < 4.78 is 68.9. The summed E-state index contributed by atoms with van der Waals surface area (Å²) in [6, 6.07) is 22.7. The smallest absolute Gasteiger partial charge is 0.475 e. The number of nitrogens with one attached hydrogen (secondary N) is 1. The van der Waals surface area contributed by atoms with Gasteiger partial charge >= 0.3 is 24.3 Å². The first kappa shape index (κ1) is 37.4. The van der Waals surface area contributed by atoms with E-state index >= 15 is 0 Å². The third-order valence-electron chi connectivity index (χ3n) is 7.00. The fourth-order valence-corrected chi connectivity index (χ4v) is 4.57. The number of aromatic amines is 1. The third kappa shape index (κ3) is 10.0. The van der Waals surface area contributed by atoms with E-state index in [1.54, 1.807) is 6.20 Å². The highest BCUT2D eigenvalue weighted by Crippen LogP contribution is 2.35. The Labute approximate surface area is 279 Å². The van der Waals surface area contributed by atoms with Gasteiger partial charge in [0.15, 0.2) is 11.6 Å². The van der Waals surface area contributed by atoms with Crippen LogP contribution in [0.5, 0.6) is 0 Å². The number of pyridine rings is 2. The fraction of sp³-hybridized carbons (Fsp3) is 0.250. The summed E-state index contributed by atoms with van der Waals surface area (Å²) in [6.07, 6.45) is -8.39. The molecule has 1 aliphatic heterocycles. The molecule has 3 aromatic heterocycles. The van der Waals surface area contributed by atoms with Crippen LogP contribution in [0.3, 0.4) is 0 Å². The molecule has 0 spiro atoms. The predicted octanol–water partition coefficient (Wildman–Crippen LogP) is 5.31. The molecule has 5 N–H and O–H groups in total. The van der Waals surface area contributed by atoms with Crippen LogP contribution in [0.4, 0.5) is 26.3 Å². The number of nitrogens with zero attached hydrogens (tertiary/aromatic N) is 5. The number of alkyl halides is 6. The van der Waals surface area contributed by atoms with Gasteiger partial charge in [-0.15, -0.1) is 0 Å². The van der Waals surface area contributed by atoms with E-state index < -0.39 is 24.3 Å². The molecule has 6 rings (SSSR count).